The molecule has 2 amide bonds. The van der Waals surface area contributed by atoms with Gasteiger partial charge in [0, 0.05) is 10.7 Å². The number of carbonyl (C=O) groups is 2. The summed E-state index contributed by atoms with van der Waals surface area (Å²) in [6.07, 6.45) is 1.56. The van der Waals surface area contributed by atoms with Crippen LogP contribution in [0.15, 0.2) is 34.9 Å². The number of pyridine rings is 1. The normalized spacial score (nSPS) is 13.2. The second kappa shape index (κ2) is 5.29. The minimum atomic E-state index is -1.08. The quantitative estimate of drug-likeness (QED) is 0.646. The third-order valence-corrected chi connectivity index (χ3v) is 5.40. The van der Waals surface area contributed by atoms with Crippen molar-refractivity contribution in [3.63, 3.8) is 0 Å². The number of nitrogens with one attached hydrogen (secondary N) is 1. The van der Waals surface area contributed by atoms with E-state index in [0.717, 1.165) is 21.4 Å². The van der Waals surface area contributed by atoms with E-state index >= 15 is 0 Å². The summed E-state index contributed by atoms with van der Waals surface area (Å²) >= 11 is 4.47. The van der Waals surface area contributed by atoms with Gasteiger partial charge in [-0.1, -0.05) is 15.9 Å². The fraction of sp³-hybridized carbons (Fsp3) is 0.0625. The molecule has 1 aromatic carbocycles. The fourth-order valence-electron chi connectivity index (χ4n) is 2.84. The van der Waals surface area contributed by atoms with E-state index in [1.165, 1.54) is 4.90 Å². The van der Waals surface area contributed by atoms with E-state index in [4.69, 9.17) is 0 Å². The molecule has 2 N–H and O–H groups in total. The molecule has 0 fully saturated rings. The maximum absolute atomic E-state index is 12.7. The third kappa shape index (κ3) is 2.10. The number of hydrogen-bond donors (Lipinski definition) is 2. The van der Waals surface area contributed by atoms with Crippen LogP contribution in [0.25, 0.3) is 10.2 Å². The van der Waals surface area contributed by atoms with Crippen LogP contribution in [-0.2, 0) is 0 Å². The summed E-state index contributed by atoms with van der Waals surface area (Å²) in [5.74, 6) is -1.08. The average molecular weight is 404 g/mol. The van der Waals surface area contributed by atoms with E-state index in [9.17, 15) is 14.7 Å². The topological polar surface area (TPSA) is 82.5 Å². The van der Waals surface area contributed by atoms with Gasteiger partial charge in [0.25, 0.3) is 0 Å². The zero-order valence-corrected chi connectivity index (χ0v) is 14.7. The molecule has 3 heterocycles. The number of carboxylic acid groups (broad SMARTS) is 1. The van der Waals surface area contributed by atoms with Crippen molar-refractivity contribution in [2.75, 3.05) is 10.2 Å². The second-order valence-electron chi connectivity index (χ2n) is 5.32. The fourth-order valence-corrected chi connectivity index (χ4v) is 4.31. The first-order chi connectivity index (χ1) is 11.5. The largest absolute Gasteiger partial charge is 0.477 e. The molecule has 0 saturated carbocycles. The van der Waals surface area contributed by atoms with Crippen molar-refractivity contribution >= 4 is 66.5 Å². The minimum Gasteiger partial charge on any atom is -0.477 e. The Hall–Kier alpha value is -2.45. The number of carbonyl (C=O) groups excluding carboxylic acids is 1. The predicted molar refractivity (Wildman–Crippen MR) is 96.6 cm³/mol. The number of aromatic carboxylic acids is 1. The van der Waals surface area contributed by atoms with Crippen molar-refractivity contribution in [1.29, 1.82) is 0 Å². The molecule has 6 nitrogen and oxygen atoms in total. The van der Waals surface area contributed by atoms with Gasteiger partial charge < -0.3 is 10.4 Å². The lowest BCUT2D eigenvalue weighted by Gasteiger charge is -2.29. The molecular formula is C16H10BrN3O3S. The van der Waals surface area contributed by atoms with Crippen LogP contribution in [-0.4, -0.2) is 22.1 Å². The molecule has 1 aliphatic rings. The summed E-state index contributed by atoms with van der Waals surface area (Å²) in [5.41, 5.74) is 2.43. The number of anilines is 3. The van der Waals surface area contributed by atoms with Gasteiger partial charge in [-0.15, -0.1) is 11.3 Å². The smallest absolute Gasteiger partial charge is 0.348 e. The van der Waals surface area contributed by atoms with Crippen LogP contribution in [0, 0.1) is 6.92 Å². The second-order valence-corrected chi connectivity index (χ2v) is 7.23. The summed E-state index contributed by atoms with van der Waals surface area (Å²) in [4.78, 5) is 30.8. The molecule has 0 unspecified atom stereocenters. The highest BCUT2D eigenvalue weighted by atomic mass is 79.9. The monoisotopic (exact) mass is 403 g/mol. The number of rotatable bonds is 2. The van der Waals surface area contributed by atoms with Crippen LogP contribution in [0.3, 0.4) is 0 Å². The van der Waals surface area contributed by atoms with Crippen molar-refractivity contribution in [3.8, 4) is 0 Å². The van der Waals surface area contributed by atoms with Crippen molar-refractivity contribution in [3.05, 3.63) is 45.4 Å². The third-order valence-electron chi connectivity index (χ3n) is 3.83. The highest BCUT2D eigenvalue weighted by Gasteiger charge is 2.34. The van der Waals surface area contributed by atoms with E-state index in [2.05, 4.69) is 26.2 Å². The number of hydrogen-bond acceptors (Lipinski definition) is 4. The standard InChI is InChI=1S/C16H10BrN3O3S/c1-7-6-8(17)2-3-10(7)20-12-11-9(19-16(20)23)4-5-18-14(11)24-13(12)15(21)22/h2-6H,1H3,(H,19,23)(H,21,22). The van der Waals surface area contributed by atoms with Gasteiger partial charge in [0.15, 0.2) is 0 Å². The minimum absolute atomic E-state index is 0.0992. The molecule has 0 radical (unpaired) electrons. The van der Waals surface area contributed by atoms with Crippen molar-refractivity contribution in [2.45, 2.75) is 6.92 Å². The highest BCUT2D eigenvalue weighted by Crippen LogP contribution is 2.47. The van der Waals surface area contributed by atoms with Crippen LogP contribution >= 0.6 is 27.3 Å². The van der Waals surface area contributed by atoms with Crippen LogP contribution < -0.4 is 10.2 Å². The van der Waals surface area contributed by atoms with Crippen molar-refractivity contribution in [1.82, 2.24) is 4.98 Å². The van der Waals surface area contributed by atoms with E-state index in [-0.39, 0.29) is 10.9 Å². The van der Waals surface area contributed by atoms with E-state index in [0.29, 0.717) is 27.3 Å². The summed E-state index contributed by atoms with van der Waals surface area (Å²) in [6.45, 7) is 1.87. The first kappa shape index (κ1) is 15.1. The zero-order valence-electron chi connectivity index (χ0n) is 12.3. The maximum Gasteiger partial charge on any atom is 0.348 e. The molecule has 3 aromatic rings. The first-order valence-electron chi connectivity index (χ1n) is 6.99. The molecular weight excluding hydrogens is 394 g/mol. The number of carboxylic acids is 1. The molecule has 0 aliphatic carbocycles. The molecule has 0 atom stereocenters. The first-order valence-corrected chi connectivity index (χ1v) is 8.60. The van der Waals surface area contributed by atoms with Gasteiger partial charge >= 0.3 is 12.0 Å². The molecule has 8 heteroatoms. The Kier molecular flexibility index (Phi) is 3.33. The molecule has 24 heavy (non-hydrogen) atoms. The summed E-state index contributed by atoms with van der Waals surface area (Å²) in [5, 5.41) is 13.1. The van der Waals surface area contributed by atoms with Gasteiger partial charge in [-0.2, -0.15) is 0 Å². The van der Waals surface area contributed by atoms with Crippen molar-refractivity contribution < 1.29 is 14.7 Å². The summed E-state index contributed by atoms with van der Waals surface area (Å²) < 4.78 is 0.886. The van der Waals surface area contributed by atoms with Gasteiger partial charge in [-0.25, -0.2) is 14.6 Å². The molecule has 0 saturated heterocycles. The molecule has 0 spiro atoms. The van der Waals surface area contributed by atoms with E-state index in [1.54, 1.807) is 18.3 Å². The lowest BCUT2D eigenvalue weighted by molar-refractivity contribution is 0.0703. The Labute approximate surface area is 148 Å². The Morgan fingerprint density at radius 1 is 1.38 bits per heavy atom. The molecule has 120 valence electrons. The van der Waals surface area contributed by atoms with E-state index < -0.39 is 5.97 Å². The number of aryl methyl sites for hydroxylation is 1. The molecule has 1 aliphatic heterocycles. The van der Waals surface area contributed by atoms with Gasteiger partial charge in [0.05, 0.1) is 22.4 Å². The van der Waals surface area contributed by atoms with Crippen LogP contribution in [0.5, 0.6) is 0 Å². The van der Waals surface area contributed by atoms with Crippen molar-refractivity contribution in [2.24, 2.45) is 0 Å². The maximum atomic E-state index is 12.7. The zero-order chi connectivity index (χ0) is 17.0. The Morgan fingerprint density at radius 2 is 2.17 bits per heavy atom. The van der Waals surface area contributed by atoms with Gasteiger partial charge in [0.1, 0.15) is 9.71 Å². The Bertz CT molecular complexity index is 1030. The highest BCUT2D eigenvalue weighted by molar-refractivity contribution is 9.10. The Balaban J connectivity index is 2.07. The lowest BCUT2D eigenvalue weighted by Crippen LogP contribution is -2.34. The van der Waals surface area contributed by atoms with Gasteiger partial charge in [-0.05, 0) is 36.8 Å². The van der Waals surface area contributed by atoms with Crippen LogP contribution in [0.2, 0.25) is 0 Å². The lowest BCUT2D eigenvalue weighted by atomic mass is 10.1. The number of benzene rings is 1. The van der Waals surface area contributed by atoms with E-state index in [1.807, 2.05) is 19.1 Å². The molecule has 0 bridgehead atoms. The van der Waals surface area contributed by atoms with Crippen LogP contribution in [0.4, 0.5) is 21.9 Å². The number of urea groups is 1. The SMILES string of the molecule is Cc1cc(Br)ccc1N1C(=O)Nc2ccnc3sc(C(=O)O)c1c23. The number of halogens is 1. The number of aromatic nitrogens is 1. The average Bonchev–Trinajstić information content (AvgIpc) is 2.90. The number of thiophene rings is 1. The van der Waals surface area contributed by atoms with Gasteiger partial charge in [-0.3, -0.25) is 4.90 Å². The molecule has 2 aromatic heterocycles. The summed E-state index contributed by atoms with van der Waals surface area (Å²) in [7, 11) is 0. The predicted octanol–water partition coefficient (Wildman–Crippen LogP) is 4.75. The Morgan fingerprint density at radius 3 is 2.88 bits per heavy atom. The molecule has 4 rings (SSSR count). The summed E-state index contributed by atoms with van der Waals surface area (Å²) in [6, 6.07) is 6.77. The number of nitrogens with zero attached hydrogens (tertiary/aromatic N) is 2. The van der Waals surface area contributed by atoms with Crippen LogP contribution in [0.1, 0.15) is 15.2 Å². The number of amides is 2. The van der Waals surface area contributed by atoms with Gasteiger partial charge in [0.2, 0.25) is 0 Å².